The Morgan fingerprint density at radius 1 is 1.33 bits per heavy atom. The van der Waals surface area contributed by atoms with Crippen LogP contribution >= 0.6 is 0 Å². The van der Waals surface area contributed by atoms with E-state index in [9.17, 15) is 4.79 Å². The van der Waals surface area contributed by atoms with Crippen molar-refractivity contribution in [2.75, 3.05) is 13.1 Å². The topological polar surface area (TPSA) is 32.3 Å². The smallest absolute Gasteiger partial charge is 0.222 e. The van der Waals surface area contributed by atoms with Gasteiger partial charge in [0.25, 0.3) is 0 Å². The highest BCUT2D eigenvalue weighted by Gasteiger charge is 2.26. The molecule has 2 aliphatic heterocycles. The van der Waals surface area contributed by atoms with Gasteiger partial charge in [0.05, 0.1) is 0 Å². The Hall–Kier alpha value is -0.570. The summed E-state index contributed by atoms with van der Waals surface area (Å²) in [5.74, 6) is 0.369. The van der Waals surface area contributed by atoms with Gasteiger partial charge in [0.15, 0.2) is 0 Å². The van der Waals surface area contributed by atoms with E-state index in [0.29, 0.717) is 18.0 Å². The van der Waals surface area contributed by atoms with E-state index in [1.807, 2.05) is 0 Å². The maximum Gasteiger partial charge on any atom is 0.222 e. The molecule has 3 nitrogen and oxygen atoms in total. The normalized spacial score (nSPS) is 33.1. The predicted octanol–water partition coefficient (Wildman–Crippen LogP) is 1.53. The van der Waals surface area contributed by atoms with Crippen molar-refractivity contribution in [1.29, 1.82) is 0 Å². The molecule has 15 heavy (non-hydrogen) atoms. The van der Waals surface area contributed by atoms with Crippen LogP contribution in [0.25, 0.3) is 0 Å². The van der Waals surface area contributed by atoms with Gasteiger partial charge in [-0.3, -0.25) is 4.79 Å². The number of rotatable bonds is 2. The molecule has 0 aromatic rings. The number of nitrogens with zero attached hydrogens (tertiary/aromatic N) is 1. The van der Waals surface area contributed by atoms with Crippen LogP contribution in [0.4, 0.5) is 0 Å². The van der Waals surface area contributed by atoms with E-state index in [0.717, 1.165) is 25.9 Å². The van der Waals surface area contributed by atoms with Crippen LogP contribution < -0.4 is 5.32 Å². The molecule has 0 saturated carbocycles. The van der Waals surface area contributed by atoms with Gasteiger partial charge in [0.1, 0.15) is 0 Å². The maximum atomic E-state index is 11.9. The van der Waals surface area contributed by atoms with Gasteiger partial charge in [-0.15, -0.1) is 0 Å². The molecule has 0 aliphatic carbocycles. The number of nitrogens with one attached hydrogen (secondary N) is 1. The molecule has 2 saturated heterocycles. The molecule has 0 radical (unpaired) electrons. The lowest BCUT2D eigenvalue weighted by Gasteiger charge is -2.30. The summed E-state index contributed by atoms with van der Waals surface area (Å²) in [5.41, 5.74) is 0. The number of hydrogen-bond acceptors (Lipinski definition) is 2. The first-order valence-corrected chi connectivity index (χ1v) is 6.30. The molecule has 1 N–H and O–H groups in total. The second-order valence-corrected chi connectivity index (χ2v) is 4.93. The van der Waals surface area contributed by atoms with Crippen LogP contribution in [-0.2, 0) is 4.79 Å². The Labute approximate surface area is 92.2 Å². The van der Waals surface area contributed by atoms with Crippen molar-refractivity contribution in [3.8, 4) is 0 Å². The molecule has 2 rings (SSSR count). The van der Waals surface area contributed by atoms with Crippen molar-refractivity contribution < 1.29 is 4.79 Å². The largest absolute Gasteiger partial charge is 0.338 e. The fourth-order valence-corrected chi connectivity index (χ4v) is 2.69. The van der Waals surface area contributed by atoms with Crippen LogP contribution in [0.2, 0.25) is 0 Å². The van der Waals surface area contributed by atoms with Crippen molar-refractivity contribution in [1.82, 2.24) is 10.2 Å². The first-order chi connectivity index (χ1) is 7.27. The summed E-state index contributed by atoms with van der Waals surface area (Å²) in [6.45, 7) is 4.25. The summed E-state index contributed by atoms with van der Waals surface area (Å²) in [6, 6.07) is 0.997. The second-order valence-electron chi connectivity index (χ2n) is 4.93. The van der Waals surface area contributed by atoms with Gasteiger partial charge in [0, 0.05) is 25.0 Å². The third-order valence-corrected chi connectivity index (χ3v) is 3.69. The summed E-state index contributed by atoms with van der Waals surface area (Å²) in [5, 5.41) is 3.47. The molecule has 0 spiro atoms. The Balaban J connectivity index is 1.93. The van der Waals surface area contributed by atoms with Crippen molar-refractivity contribution in [2.24, 2.45) is 0 Å². The molecule has 0 aromatic carbocycles. The molecule has 2 heterocycles. The highest BCUT2D eigenvalue weighted by Crippen LogP contribution is 2.19. The third-order valence-electron chi connectivity index (χ3n) is 3.69. The third kappa shape index (κ3) is 2.71. The minimum Gasteiger partial charge on any atom is -0.338 e. The fourth-order valence-electron chi connectivity index (χ4n) is 2.69. The number of hydrogen-bond donors (Lipinski definition) is 1. The molecular formula is C12H22N2O. The number of amides is 1. The molecular weight excluding hydrogens is 188 g/mol. The highest BCUT2D eigenvalue weighted by atomic mass is 16.2. The zero-order chi connectivity index (χ0) is 10.7. The zero-order valence-electron chi connectivity index (χ0n) is 9.67. The number of carbonyl (C=O) groups excluding carboxylic acids is 1. The van der Waals surface area contributed by atoms with E-state index in [1.54, 1.807) is 0 Å². The predicted molar refractivity (Wildman–Crippen MR) is 60.7 cm³/mol. The maximum absolute atomic E-state index is 11.9. The van der Waals surface area contributed by atoms with Crippen LogP contribution in [0.1, 0.15) is 45.4 Å². The van der Waals surface area contributed by atoms with Crippen LogP contribution in [0.5, 0.6) is 0 Å². The summed E-state index contributed by atoms with van der Waals surface area (Å²) < 4.78 is 0. The Morgan fingerprint density at radius 3 is 2.93 bits per heavy atom. The molecule has 2 unspecified atom stereocenters. The van der Waals surface area contributed by atoms with E-state index in [1.165, 1.54) is 25.7 Å². The van der Waals surface area contributed by atoms with Crippen LogP contribution in [-0.4, -0.2) is 36.0 Å². The van der Waals surface area contributed by atoms with E-state index in [4.69, 9.17) is 0 Å². The van der Waals surface area contributed by atoms with Gasteiger partial charge in [-0.25, -0.2) is 0 Å². The van der Waals surface area contributed by atoms with Crippen LogP contribution in [0.3, 0.4) is 0 Å². The Bertz CT molecular complexity index is 224. The molecule has 1 amide bonds. The first kappa shape index (κ1) is 10.9. The summed E-state index contributed by atoms with van der Waals surface area (Å²) in [7, 11) is 0. The summed E-state index contributed by atoms with van der Waals surface area (Å²) >= 11 is 0. The summed E-state index contributed by atoms with van der Waals surface area (Å²) in [6.07, 6.45) is 6.73. The minimum absolute atomic E-state index is 0.369. The van der Waals surface area contributed by atoms with E-state index in [-0.39, 0.29) is 0 Å². The lowest BCUT2D eigenvalue weighted by Crippen LogP contribution is -2.44. The molecule has 2 fully saturated rings. The standard InChI is InChI=1S/C12H22N2O/c1-10-5-2-3-7-12(15)14(10)9-11-6-4-8-13-11/h10-11,13H,2-9H2,1H3. The second kappa shape index (κ2) is 4.97. The molecule has 86 valence electrons. The van der Waals surface area contributed by atoms with Crippen LogP contribution in [0, 0.1) is 0 Å². The molecule has 0 bridgehead atoms. The number of likely N-dealkylation sites (tertiary alicyclic amines) is 1. The van der Waals surface area contributed by atoms with Gasteiger partial charge in [-0.2, -0.15) is 0 Å². The average Bonchev–Trinajstić information content (AvgIpc) is 2.67. The van der Waals surface area contributed by atoms with E-state index >= 15 is 0 Å². The van der Waals surface area contributed by atoms with Crippen molar-refractivity contribution >= 4 is 5.91 Å². The van der Waals surface area contributed by atoms with Crippen molar-refractivity contribution in [3.05, 3.63) is 0 Å². The van der Waals surface area contributed by atoms with Crippen molar-refractivity contribution in [3.63, 3.8) is 0 Å². The molecule has 2 aliphatic rings. The first-order valence-electron chi connectivity index (χ1n) is 6.30. The lowest BCUT2D eigenvalue weighted by atomic mass is 10.1. The minimum atomic E-state index is 0.369. The van der Waals surface area contributed by atoms with Gasteiger partial charge in [0.2, 0.25) is 5.91 Å². The molecule has 3 heteroatoms. The number of carbonyl (C=O) groups is 1. The van der Waals surface area contributed by atoms with Gasteiger partial charge in [-0.1, -0.05) is 6.42 Å². The van der Waals surface area contributed by atoms with Crippen molar-refractivity contribution in [2.45, 2.75) is 57.5 Å². The monoisotopic (exact) mass is 210 g/mol. The fraction of sp³-hybridized carbons (Fsp3) is 0.917. The highest BCUT2D eigenvalue weighted by molar-refractivity contribution is 5.76. The van der Waals surface area contributed by atoms with Gasteiger partial charge >= 0.3 is 0 Å². The average molecular weight is 210 g/mol. The zero-order valence-corrected chi connectivity index (χ0v) is 9.67. The van der Waals surface area contributed by atoms with E-state index in [2.05, 4.69) is 17.1 Å². The summed E-state index contributed by atoms with van der Waals surface area (Å²) in [4.78, 5) is 14.0. The van der Waals surface area contributed by atoms with Crippen LogP contribution in [0.15, 0.2) is 0 Å². The Kier molecular flexibility index (Phi) is 3.62. The Morgan fingerprint density at radius 2 is 2.20 bits per heavy atom. The van der Waals surface area contributed by atoms with Gasteiger partial charge < -0.3 is 10.2 Å². The lowest BCUT2D eigenvalue weighted by molar-refractivity contribution is -0.132. The van der Waals surface area contributed by atoms with Gasteiger partial charge in [-0.05, 0) is 39.2 Å². The van der Waals surface area contributed by atoms with E-state index < -0.39 is 0 Å². The SMILES string of the molecule is CC1CCCCC(=O)N1CC1CCCN1. The molecule has 2 atom stereocenters. The molecule has 0 aromatic heterocycles. The quantitative estimate of drug-likeness (QED) is 0.749.